The van der Waals surface area contributed by atoms with Gasteiger partial charge in [0.25, 0.3) is 0 Å². The largest absolute Gasteiger partial charge is 0.508 e. The van der Waals surface area contributed by atoms with Crippen LogP contribution >= 0.6 is 0 Å². The van der Waals surface area contributed by atoms with Gasteiger partial charge in [-0.2, -0.15) is 0 Å². The molecule has 0 fully saturated rings. The predicted octanol–water partition coefficient (Wildman–Crippen LogP) is 5.13. The molecule has 33 heavy (non-hydrogen) atoms. The number of carbonyl (C=O) groups is 1. The fourth-order valence-corrected chi connectivity index (χ4v) is 3.66. The van der Waals surface area contributed by atoms with Crippen LogP contribution < -0.4 is 5.43 Å². The molecule has 0 aliphatic rings. The number of hydrogen-bond acceptors (Lipinski definition) is 5. The second-order valence-corrected chi connectivity index (χ2v) is 7.49. The zero-order valence-electron chi connectivity index (χ0n) is 17.0. The van der Waals surface area contributed by atoms with Gasteiger partial charge in [-0.15, -0.1) is 0 Å². The van der Waals surface area contributed by atoms with Crippen molar-refractivity contribution >= 4 is 40.1 Å². The van der Waals surface area contributed by atoms with Crippen LogP contribution in [0.3, 0.4) is 0 Å². The van der Waals surface area contributed by atoms with E-state index in [-0.39, 0.29) is 22.5 Å². The second-order valence-electron chi connectivity index (χ2n) is 7.49. The van der Waals surface area contributed by atoms with Crippen molar-refractivity contribution in [2.45, 2.75) is 0 Å². The maximum Gasteiger partial charge on any atom is 0.347 e. The van der Waals surface area contributed by atoms with E-state index in [0.717, 1.165) is 10.9 Å². The van der Waals surface area contributed by atoms with E-state index in [4.69, 9.17) is 8.83 Å². The molecule has 0 atom stereocenters. The van der Waals surface area contributed by atoms with Gasteiger partial charge in [-0.1, -0.05) is 12.1 Å². The number of aromatic hydroxyl groups is 2. The predicted molar refractivity (Wildman–Crippen MR) is 122 cm³/mol. The van der Waals surface area contributed by atoms with Crippen LogP contribution in [0.1, 0.15) is 21.7 Å². The molecular weight excluding hydrogens is 424 g/mol. The highest BCUT2D eigenvalue weighted by Crippen LogP contribution is 2.33. The van der Waals surface area contributed by atoms with Crippen molar-refractivity contribution in [2.75, 3.05) is 0 Å². The smallest absolute Gasteiger partial charge is 0.347 e. The molecule has 0 aliphatic carbocycles. The molecule has 0 radical (unpaired) electrons. The minimum atomic E-state index is -1.22. The molecular formula is C26H17O7+. The minimum Gasteiger partial charge on any atom is -0.508 e. The zero-order valence-corrected chi connectivity index (χ0v) is 17.0. The van der Waals surface area contributed by atoms with Gasteiger partial charge in [-0.3, -0.25) is 4.79 Å². The number of carboxylic acid groups (broad SMARTS) is 1. The summed E-state index contributed by atoms with van der Waals surface area (Å²) in [4.78, 5) is 21.4. The molecule has 0 spiro atoms. The summed E-state index contributed by atoms with van der Waals surface area (Å²) >= 11 is 0. The van der Waals surface area contributed by atoms with Crippen LogP contribution in [0.25, 0.3) is 45.4 Å². The van der Waals surface area contributed by atoms with Gasteiger partial charge in [-0.05, 0) is 65.6 Å². The second kappa shape index (κ2) is 7.72. The first-order valence-electron chi connectivity index (χ1n) is 9.94. The number of benzene rings is 3. The minimum absolute atomic E-state index is 0.0232. The molecule has 5 rings (SSSR count). The highest BCUT2D eigenvalue weighted by atomic mass is 16.4. The summed E-state index contributed by atoms with van der Waals surface area (Å²) in [7, 11) is 0. The fraction of sp³-hybridized carbons (Fsp3) is 0. The third kappa shape index (κ3) is 3.83. The summed E-state index contributed by atoms with van der Waals surface area (Å²) in [6, 6.07) is 17.5. The van der Waals surface area contributed by atoms with Crippen LogP contribution in [0.15, 0.2) is 75.6 Å². The summed E-state index contributed by atoms with van der Waals surface area (Å²) in [5.41, 5.74) is 1.95. The van der Waals surface area contributed by atoms with Gasteiger partial charge >= 0.3 is 11.4 Å². The van der Waals surface area contributed by atoms with Gasteiger partial charge in [0.2, 0.25) is 0 Å². The Morgan fingerprint density at radius 2 is 1.58 bits per heavy atom. The van der Waals surface area contributed by atoms with Gasteiger partial charge in [0, 0.05) is 5.56 Å². The number of aromatic carboxylic acids is 1. The van der Waals surface area contributed by atoms with Crippen molar-refractivity contribution in [1.29, 1.82) is 0 Å². The first kappa shape index (κ1) is 20.1. The van der Waals surface area contributed by atoms with E-state index in [1.165, 1.54) is 24.3 Å². The van der Waals surface area contributed by atoms with E-state index >= 15 is 0 Å². The maximum atomic E-state index is 11.3. The van der Waals surface area contributed by atoms with Gasteiger partial charge in [-0.25, -0.2) is 4.79 Å². The highest BCUT2D eigenvalue weighted by Gasteiger charge is 2.14. The standard InChI is InChI=1S/C26H16O7/c27-17-5-3-15(4-6-17)22-11-16-10-19(32-23-12-18(28)13-24(33-22)25(16)23)7-1-14-2-8-21(29)20(9-14)26(30)31/h1-13,27,29H,(H,30,31)/p+1/b7-1+. The van der Waals surface area contributed by atoms with Crippen molar-refractivity contribution in [3.63, 3.8) is 0 Å². The first-order valence-corrected chi connectivity index (χ1v) is 9.94. The topological polar surface area (TPSA) is 125 Å². The van der Waals surface area contributed by atoms with Crippen LogP contribution in [0.5, 0.6) is 11.5 Å². The normalized spacial score (nSPS) is 11.5. The van der Waals surface area contributed by atoms with E-state index in [2.05, 4.69) is 0 Å². The molecule has 0 saturated heterocycles. The Balaban J connectivity index is 1.64. The molecule has 2 heterocycles. The highest BCUT2D eigenvalue weighted by molar-refractivity contribution is 6.06. The summed E-state index contributed by atoms with van der Waals surface area (Å²) in [5.74, 6) is -0.393. The SMILES string of the molecule is O=C(O)c1cc(/C=C/c2cc3cc(-c4ccc(O)cc4)oc4cc(=[OH+])cc(o2)c34)ccc1O. The molecule has 0 amide bonds. The molecule has 7 heteroatoms. The lowest BCUT2D eigenvalue weighted by Gasteiger charge is -2.08. The molecule has 162 valence electrons. The van der Waals surface area contributed by atoms with Crippen LogP contribution in [0, 0.1) is 0 Å². The number of phenolic OH excluding ortho intramolecular Hbond substituents is 1. The average molecular weight is 441 g/mol. The van der Waals surface area contributed by atoms with Crippen molar-refractivity contribution < 1.29 is 33.7 Å². The average Bonchev–Trinajstić information content (AvgIpc) is 2.78. The summed E-state index contributed by atoms with van der Waals surface area (Å²) in [6.45, 7) is 0. The molecule has 0 unspecified atom stereocenters. The van der Waals surface area contributed by atoms with Gasteiger partial charge < -0.3 is 24.2 Å². The van der Waals surface area contributed by atoms with Crippen LogP contribution in [-0.4, -0.2) is 26.1 Å². The molecule has 0 aliphatic heterocycles. The molecule has 3 aromatic carbocycles. The van der Waals surface area contributed by atoms with E-state index in [0.29, 0.717) is 33.6 Å². The van der Waals surface area contributed by atoms with E-state index in [9.17, 15) is 24.9 Å². The Morgan fingerprint density at radius 3 is 2.30 bits per heavy atom. The van der Waals surface area contributed by atoms with E-state index in [1.807, 2.05) is 6.07 Å². The Hall–Kier alpha value is -4.78. The van der Waals surface area contributed by atoms with Gasteiger partial charge in [0.05, 0.1) is 17.5 Å². The quantitative estimate of drug-likeness (QED) is 0.332. The fourth-order valence-electron chi connectivity index (χ4n) is 3.66. The number of phenols is 2. The van der Waals surface area contributed by atoms with Crippen LogP contribution in [0.2, 0.25) is 0 Å². The molecule has 4 N–H and O–H groups in total. The zero-order chi connectivity index (χ0) is 23.1. The lowest BCUT2D eigenvalue weighted by Crippen LogP contribution is -1.99. The van der Waals surface area contributed by atoms with Crippen molar-refractivity contribution in [3.05, 3.63) is 89.0 Å². The lowest BCUT2D eigenvalue weighted by molar-refractivity contribution is 0.0693. The molecule has 7 nitrogen and oxygen atoms in total. The Kier molecular flexibility index (Phi) is 4.71. The lowest BCUT2D eigenvalue weighted by atomic mass is 10.1. The molecule has 5 aromatic rings. The van der Waals surface area contributed by atoms with E-state index < -0.39 is 5.97 Å². The number of rotatable bonds is 4. The molecule has 0 saturated carbocycles. The molecule has 0 bridgehead atoms. The van der Waals surface area contributed by atoms with Crippen molar-refractivity contribution in [2.24, 2.45) is 0 Å². The monoisotopic (exact) mass is 441 g/mol. The Bertz CT molecular complexity index is 1620. The summed E-state index contributed by atoms with van der Waals surface area (Å²) in [6.07, 6.45) is 3.33. The third-order valence-corrected chi connectivity index (χ3v) is 5.21. The van der Waals surface area contributed by atoms with Crippen molar-refractivity contribution in [1.82, 2.24) is 0 Å². The molecule has 2 aromatic heterocycles. The third-order valence-electron chi connectivity index (χ3n) is 5.21. The summed E-state index contributed by atoms with van der Waals surface area (Å²) in [5, 5.41) is 30.0. The Morgan fingerprint density at radius 1 is 0.848 bits per heavy atom. The van der Waals surface area contributed by atoms with Gasteiger partial charge in [0.1, 0.15) is 39.7 Å². The number of carboxylic acids is 1. The van der Waals surface area contributed by atoms with E-state index in [1.54, 1.807) is 48.6 Å². The van der Waals surface area contributed by atoms with Gasteiger partial charge in [0.15, 0.2) is 0 Å². The van der Waals surface area contributed by atoms with Crippen molar-refractivity contribution in [3.8, 4) is 22.8 Å². The first-order chi connectivity index (χ1) is 15.9. The Labute approximate surface area is 186 Å². The van der Waals surface area contributed by atoms with Crippen LogP contribution in [0.4, 0.5) is 0 Å². The summed E-state index contributed by atoms with van der Waals surface area (Å²) < 4.78 is 11.9. The number of hydrogen-bond donors (Lipinski definition) is 3. The maximum absolute atomic E-state index is 11.3. The van der Waals surface area contributed by atoms with Crippen LogP contribution in [-0.2, 0) is 0 Å².